The minimum Gasteiger partial charge on any atom is -0.378 e. The first-order valence-electron chi connectivity index (χ1n) is 7.79. The number of nitrogens with two attached hydrogens (primary N) is 1. The van der Waals surface area contributed by atoms with Gasteiger partial charge in [-0.05, 0) is 35.3 Å². The fourth-order valence-corrected chi connectivity index (χ4v) is 2.28. The van der Waals surface area contributed by atoms with Crippen LogP contribution < -0.4 is 11.2 Å². The van der Waals surface area contributed by atoms with Gasteiger partial charge >= 0.3 is 0 Å². The number of hydrazone groups is 1. The second-order valence-corrected chi connectivity index (χ2v) is 5.72. The molecule has 1 amide bonds. The smallest absolute Gasteiger partial charge is 0.293 e. The predicted molar refractivity (Wildman–Crippen MR) is 91.6 cm³/mol. The van der Waals surface area contributed by atoms with Gasteiger partial charge < -0.3 is 5.73 Å². The van der Waals surface area contributed by atoms with Crippen molar-refractivity contribution in [1.82, 2.24) is 35.7 Å². The Morgan fingerprint density at radius 3 is 2.77 bits per heavy atom. The molecule has 0 spiro atoms. The van der Waals surface area contributed by atoms with Crippen molar-refractivity contribution in [2.24, 2.45) is 5.10 Å². The van der Waals surface area contributed by atoms with Gasteiger partial charge in [0.05, 0.1) is 17.1 Å². The lowest BCUT2D eigenvalue weighted by Crippen LogP contribution is -2.22. The molecule has 0 saturated carbocycles. The van der Waals surface area contributed by atoms with Crippen LogP contribution in [0.4, 0.5) is 5.82 Å². The van der Waals surface area contributed by atoms with Crippen LogP contribution >= 0.6 is 0 Å². The Morgan fingerprint density at radius 1 is 1.35 bits per heavy atom. The Kier molecular flexibility index (Phi) is 4.69. The highest BCUT2D eigenvalue weighted by atomic mass is 16.6. The SMILES string of the molecule is CC(=NNC(=O)c1nnn(-c2nonc2N)c1C(C)C)c1ccccn1. The van der Waals surface area contributed by atoms with Crippen LogP contribution in [0.2, 0.25) is 0 Å². The van der Waals surface area contributed by atoms with E-state index < -0.39 is 5.91 Å². The van der Waals surface area contributed by atoms with Crippen LogP contribution in [0.15, 0.2) is 34.1 Å². The third-order valence-electron chi connectivity index (χ3n) is 3.52. The molecule has 0 bridgehead atoms. The lowest BCUT2D eigenvalue weighted by Gasteiger charge is -2.08. The van der Waals surface area contributed by atoms with Crippen molar-refractivity contribution in [3.8, 4) is 5.82 Å². The molecule has 3 aromatic heterocycles. The number of anilines is 1. The Balaban J connectivity index is 1.88. The van der Waals surface area contributed by atoms with E-state index in [9.17, 15) is 4.79 Å². The van der Waals surface area contributed by atoms with Gasteiger partial charge in [-0.3, -0.25) is 9.78 Å². The summed E-state index contributed by atoms with van der Waals surface area (Å²) in [6.07, 6.45) is 1.65. The average molecular weight is 355 g/mol. The molecule has 0 aliphatic carbocycles. The summed E-state index contributed by atoms with van der Waals surface area (Å²) in [7, 11) is 0. The van der Waals surface area contributed by atoms with Gasteiger partial charge in [0.25, 0.3) is 5.91 Å². The number of carbonyl (C=O) groups is 1. The number of aromatic nitrogens is 6. The molecule has 0 aliphatic heterocycles. The highest BCUT2D eigenvalue weighted by molar-refractivity contribution is 5.99. The van der Waals surface area contributed by atoms with E-state index in [4.69, 9.17) is 5.73 Å². The quantitative estimate of drug-likeness (QED) is 0.506. The normalized spacial score (nSPS) is 11.8. The molecule has 0 saturated heterocycles. The number of carbonyl (C=O) groups excluding carboxylic acids is 1. The largest absolute Gasteiger partial charge is 0.378 e. The van der Waals surface area contributed by atoms with Gasteiger partial charge in [-0.25, -0.2) is 10.1 Å². The first-order valence-corrected chi connectivity index (χ1v) is 7.79. The van der Waals surface area contributed by atoms with Crippen LogP contribution in [0.3, 0.4) is 0 Å². The fourth-order valence-electron chi connectivity index (χ4n) is 2.28. The second-order valence-electron chi connectivity index (χ2n) is 5.72. The fraction of sp³-hybridized carbons (Fsp3) is 0.267. The molecule has 3 rings (SSSR count). The molecule has 0 radical (unpaired) electrons. The third-order valence-corrected chi connectivity index (χ3v) is 3.52. The molecule has 0 fully saturated rings. The van der Waals surface area contributed by atoms with Crippen molar-refractivity contribution in [2.75, 3.05) is 5.73 Å². The summed E-state index contributed by atoms with van der Waals surface area (Å²) >= 11 is 0. The molecular formula is C15H17N9O2. The topological polar surface area (TPSA) is 150 Å². The number of amides is 1. The summed E-state index contributed by atoms with van der Waals surface area (Å²) < 4.78 is 5.92. The van der Waals surface area contributed by atoms with Gasteiger partial charge in [-0.2, -0.15) is 9.78 Å². The maximum absolute atomic E-state index is 12.5. The molecule has 11 nitrogen and oxygen atoms in total. The lowest BCUT2D eigenvalue weighted by molar-refractivity contribution is 0.0948. The lowest BCUT2D eigenvalue weighted by atomic mass is 10.1. The van der Waals surface area contributed by atoms with Crippen LogP contribution in [0, 0.1) is 0 Å². The Bertz CT molecular complexity index is 943. The molecule has 0 unspecified atom stereocenters. The summed E-state index contributed by atoms with van der Waals surface area (Å²) in [5.41, 5.74) is 10.0. The minimum absolute atomic E-state index is 0.0489. The maximum atomic E-state index is 12.5. The third kappa shape index (κ3) is 3.27. The van der Waals surface area contributed by atoms with Crippen LogP contribution in [0.25, 0.3) is 5.82 Å². The van der Waals surface area contributed by atoms with E-state index in [1.54, 1.807) is 25.3 Å². The molecule has 3 aromatic rings. The van der Waals surface area contributed by atoms with Crippen molar-refractivity contribution in [2.45, 2.75) is 26.7 Å². The van der Waals surface area contributed by atoms with Gasteiger partial charge in [0.2, 0.25) is 11.6 Å². The summed E-state index contributed by atoms with van der Waals surface area (Å²) in [6.45, 7) is 5.51. The van der Waals surface area contributed by atoms with E-state index in [0.29, 0.717) is 17.1 Å². The first-order chi connectivity index (χ1) is 12.5. The molecule has 0 aliphatic rings. The average Bonchev–Trinajstić information content (AvgIpc) is 3.25. The van der Waals surface area contributed by atoms with E-state index in [0.717, 1.165) is 0 Å². The second kappa shape index (κ2) is 7.09. The summed E-state index contributed by atoms with van der Waals surface area (Å²) in [5.74, 6) is -0.380. The van der Waals surface area contributed by atoms with E-state index >= 15 is 0 Å². The maximum Gasteiger partial charge on any atom is 0.293 e. The van der Waals surface area contributed by atoms with Crippen LogP contribution in [-0.2, 0) is 0 Å². The van der Waals surface area contributed by atoms with Gasteiger partial charge in [-0.15, -0.1) is 5.10 Å². The van der Waals surface area contributed by atoms with Crippen molar-refractivity contribution >= 4 is 17.4 Å². The van der Waals surface area contributed by atoms with E-state index in [-0.39, 0.29) is 23.2 Å². The van der Waals surface area contributed by atoms with E-state index in [1.165, 1.54) is 4.68 Å². The van der Waals surface area contributed by atoms with Crippen LogP contribution in [0.5, 0.6) is 0 Å². The molecule has 3 N–H and O–H groups in total. The molecule has 0 atom stereocenters. The minimum atomic E-state index is -0.509. The van der Waals surface area contributed by atoms with Gasteiger partial charge in [0.1, 0.15) is 0 Å². The Labute approximate surface area is 148 Å². The molecule has 0 aromatic carbocycles. The number of nitrogens with zero attached hydrogens (tertiary/aromatic N) is 7. The number of nitrogens with one attached hydrogen (secondary N) is 1. The van der Waals surface area contributed by atoms with Crippen LogP contribution in [0.1, 0.15) is 48.6 Å². The highest BCUT2D eigenvalue weighted by Gasteiger charge is 2.25. The molecule has 26 heavy (non-hydrogen) atoms. The number of hydrogen-bond donors (Lipinski definition) is 2. The predicted octanol–water partition coefficient (Wildman–Crippen LogP) is 0.905. The monoisotopic (exact) mass is 355 g/mol. The van der Waals surface area contributed by atoms with Gasteiger partial charge in [-0.1, -0.05) is 25.1 Å². The van der Waals surface area contributed by atoms with Crippen molar-refractivity contribution in [1.29, 1.82) is 0 Å². The van der Waals surface area contributed by atoms with E-state index in [2.05, 4.69) is 40.8 Å². The molecule has 134 valence electrons. The summed E-state index contributed by atoms with van der Waals surface area (Å²) in [5, 5.41) is 19.2. The Hall–Kier alpha value is -3.63. The number of rotatable bonds is 5. The highest BCUT2D eigenvalue weighted by Crippen LogP contribution is 2.22. The van der Waals surface area contributed by atoms with E-state index in [1.807, 2.05) is 19.9 Å². The van der Waals surface area contributed by atoms with Crippen molar-refractivity contribution in [3.05, 3.63) is 41.5 Å². The first kappa shape index (κ1) is 17.2. The zero-order valence-corrected chi connectivity index (χ0v) is 14.4. The number of nitrogen functional groups attached to an aromatic ring is 1. The molecular weight excluding hydrogens is 338 g/mol. The summed E-state index contributed by atoms with van der Waals surface area (Å²) in [4.78, 5) is 16.7. The van der Waals surface area contributed by atoms with Gasteiger partial charge in [0.15, 0.2) is 5.69 Å². The number of pyridine rings is 1. The standard InChI is InChI=1S/C15H17N9O2/c1-8(2)12-11(19-23-24(12)14-13(16)21-26-22-14)15(25)20-18-9(3)10-6-4-5-7-17-10/h4-8H,1-3H3,(H2,16,21)(H,20,25). The van der Waals surface area contributed by atoms with Crippen LogP contribution in [-0.4, -0.2) is 41.9 Å². The molecule has 11 heteroatoms. The van der Waals surface area contributed by atoms with Gasteiger partial charge in [0, 0.05) is 6.20 Å². The summed E-state index contributed by atoms with van der Waals surface area (Å²) in [6, 6.07) is 5.43. The van der Waals surface area contributed by atoms with Crippen molar-refractivity contribution in [3.63, 3.8) is 0 Å². The van der Waals surface area contributed by atoms with Crippen molar-refractivity contribution < 1.29 is 9.42 Å². The molecule has 3 heterocycles. The zero-order valence-electron chi connectivity index (χ0n) is 14.4. The number of hydrogen-bond acceptors (Lipinski definition) is 9. The Morgan fingerprint density at radius 2 is 2.15 bits per heavy atom. The zero-order chi connectivity index (χ0) is 18.7.